The molecule has 0 saturated carbocycles. The van der Waals surface area contributed by atoms with E-state index in [0.717, 1.165) is 32.4 Å². The van der Waals surface area contributed by atoms with Crippen molar-refractivity contribution in [1.82, 2.24) is 15.3 Å². The number of amides is 2. The Morgan fingerprint density at radius 2 is 2.12 bits per heavy atom. The number of anilines is 1. The number of nitrogens with two attached hydrogens (primary N) is 1. The molecule has 24 heavy (non-hydrogen) atoms. The van der Waals surface area contributed by atoms with Crippen LogP contribution >= 0.6 is 0 Å². The molecular weight excluding hydrogens is 314 g/mol. The summed E-state index contributed by atoms with van der Waals surface area (Å²) in [6.45, 7) is 2.05. The fourth-order valence-corrected chi connectivity index (χ4v) is 3.01. The van der Waals surface area contributed by atoms with Gasteiger partial charge in [0, 0.05) is 25.7 Å². The number of primary amides is 1. The Morgan fingerprint density at radius 3 is 2.79 bits per heavy atom. The number of piperidine rings is 1. The second-order valence-electron chi connectivity index (χ2n) is 5.84. The molecule has 0 radical (unpaired) electrons. The van der Waals surface area contributed by atoms with Crippen LogP contribution in [0.15, 0.2) is 16.8 Å². The molecule has 1 aliphatic heterocycles. The highest BCUT2D eigenvalue weighted by atomic mass is 16.4. The van der Waals surface area contributed by atoms with E-state index in [1.807, 2.05) is 0 Å². The Kier molecular flexibility index (Phi) is 4.50. The van der Waals surface area contributed by atoms with E-state index in [1.54, 1.807) is 0 Å². The lowest BCUT2D eigenvalue weighted by Crippen LogP contribution is -2.35. The van der Waals surface area contributed by atoms with Gasteiger partial charge in [-0.2, -0.15) is 0 Å². The number of nitrogens with zero attached hydrogens (tertiary/aromatic N) is 3. The van der Waals surface area contributed by atoms with Crippen molar-refractivity contribution in [2.45, 2.75) is 19.3 Å². The van der Waals surface area contributed by atoms with E-state index < -0.39 is 12.0 Å². The number of aromatic nitrogens is 2. The zero-order chi connectivity index (χ0) is 17.1. The highest BCUT2D eigenvalue weighted by Gasteiger charge is 2.23. The van der Waals surface area contributed by atoms with Gasteiger partial charge in [0.2, 0.25) is 0 Å². The van der Waals surface area contributed by atoms with Crippen LogP contribution in [0.25, 0.3) is 11.1 Å². The normalized spacial score (nSPS) is 15.6. The van der Waals surface area contributed by atoms with Crippen molar-refractivity contribution in [2.75, 3.05) is 24.5 Å². The molecule has 0 aliphatic carbocycles. The highest BCUT2D eigenvalue weighted by Crippen LogP contribution is 2.30. The molecule has 2 aromatic rings. The SMILES string of the molecule is NC(=O)c1cc2ncnc(N3CCC(CCNC(=O)O)CC3)c2o1. The fraction of sp³-hybridized carbons (Fsp3) is 0.467. The molecule has 1 fully saturated rings. The monoisotopic (exact) mass is 333 g/mol. The molecule has 3 heterocycles. The van der Waals surface area contributed by atoms with Crippen LogP contribution in [0.1, 0.15) is 29.8 Å². The van der Waals surface area contributed by atoms with Crippen LogP contribution in [-0.2, 0) is 0 Å². The van der Waals surface area contributed by atoms with E-state index in [1.165, 1.54) is 12.4 Å². The number of nitrogens with one attached hydrogen (secondary N) is 1. The second kappa shape index (κ2) is 6.73. The quantitative estimate of drug-likeness (QED) is 0.748. The first kappa shape index (κ1) is 16.0. The van der Waals surface area contributed by atoms with Crippen LogP contribution in [0.4, 0.5) is 10.6 Å². The molecule has 9 heteroatoms. The lowest BCUT2D eigenvalue weighted by molar-refractivity contribution is 0.0976. The van der Waals surface area contributed by atoms with E-state index in [9.17, 15) is 9.59 Å². The zero-order valence-corrected chi connectivity index (χ0v) is 13.1. The summed E-state index contributed by atoms with van der Waals surface area (Å²) in [4.78, 5) is 32.2. The van der Waals surface area contributed by atoms with E-state index >= 15 is 0 Å². The van der Waals surface area contributed by atoms with Crippen LogP contribution < -0.4 is 16.0 Å². The van der Waals surface area contributed by atoms with Gasteiger partial charge < -0.3 is 25.5 Å². The molecule has 9 nitrogen and oxygen atoms in total. The number of carboxylic acid groups (broad SMARTS) is 1. The standard InChI is InChI=1S/C15H19N5O4/c16-13(21)11-7-10-12(24-11)14(19-8-18-10)20-5-2-9(3-6-20)1-4-17-15(22)23/h7-9,17H,1-6H2,(H2,16,21)(H,22,23). The lowest BCUT2D eigenvalue weighted by Gasteiger charge is -2.32. The predicted octanol–water partition coefficient (Wildman–Crippen LogP) is 1.20. The average molecular weight is 333 g/mol. The second-order valence-corrected chi connectivity index (χ2v) is 5.84. The van der Waals surface area contributed by atoms with Crippen molar-refractivity contribution in [1.29, 1.82) is 0 Å². The molecule has 2 amide bonds. The summed E-state index contributed by atoms with van der Waals surface area (Å²) in [5, 5.41) is 11.0. The van der Waals surface area contributed by atoms with Crippen LogP contribution in [0.2, 0.25) is 0 Å². The summed E-state index contributed by atoms with van der Waals surface area (Å²) < 4.78 is 5.52. The Labute approximate surface area is 137 Å². The smallest absolute Gasteiger partial charge is 0.404 e. The fourth-order valence-electron chi connectivity index (χ4n) is 3.01. The van der Waals surface area contributed by atoms with Crippen molar-refractivity contribution in [3.63, 3.8) is 0 Å². The summed E-state index contributed by atoms with van der Waals surface area (Å²) in [6.07, 6.45) is 3.16. The van der Waals surface area contributed by atoms with Gasteiger partial charge >= 0.3 is 6.09 Å². The van der Waals surface area contributed by atoms with Gasteiger partial charge in [0.05, 0.1) is 0 Å². The maximum Gasteiger partial charge on any atom is 0.404 e. The van der Waals surface area contributed by atoms with Crippen LogP contribution in [0.5, 0.6) is 0 Å². The van der Waals surface area contributed by atoms with Gasteiger partial charge in [-0.25, -0.2) is 14.8 Å². The summed E-state index contributed by atoms with van der Waals surface area (Å²) in [6, 6.07) is 1.52. The average Bonchev–Trinajstić information content (AvgIpc) is 3.00. The minimum Gasteiger partial charge on any atom is -0.465 e. The van der Waals surface area contributed by atoms with Crippen molar-refractivity contribution in [2.24, 2.45) is 11.7 Å². The van der Waals surface area contributed by atoms with Gasteiger partial charge in [-0.1, -0.05) is 0 Å². The summed E-state index contributed by atoms with van der Waals surface area (Å²) >= 11 is 0. The van der Waals surface area contributed by atoms with Gasteiger partial charge in [0.15, 0.2) is 17.2 Å². The minimum absolute atomic E-state index is 0.0707. The summed E-state index contributed by atoms with van der Waals surface area (Å²) in [5.74, 6) is 0.572. The highest BCUT2D eigenvalue weighted by molar-refractivity contribution is 5.96. The van der Waals surface area contributed by atoms with E-state index in [0.29, 0.717) is 29.4 Å². The molecule has 1 saturated heterocycles. The van der Waals surface area contributed by atoms with Crippen LogP contribution in [0.3, 0.4) is 0 Å². The lowest BCUT2D eigenvalue weighted by atomic mass is 9.93. The topological polar surface area (TPSA) is 135 Å². The third-order valence-electron chi connectivity index (χ3n) is 4.28. The molecule has 128 valence electrons. The molecule has 0 spiro atoms. The van der Waals surface area contributed by atoms with Crippen molar-refractivity contribution in [3.05, 3.63) is 18.2 Å². The van der Waals surface area contributed by atoms with Gasteiger partial charge in [-0.3, -0.25) is 4.79 Å². The molecule has 0 atom stereocenters. The number of carbonyl (C=O) groups is 2. The van der Waals surface area contributed by atoms with Gasteiger partial charge in [0.25, 0.3) is 5.91 Å². The molecule has 0 unspecified atom stereocenters. The number of hydrogen-bond donors (Lipinski definition) is 3. The van der Waals surface area contributed by atoms with Crippen LogP contribution in [-0.4, -0.2) is 46.7 Å². The molecule has 4 N–H and O–H groups in total. The molecule has 1 aliphatic rings. The van der Waals surface area contributed by atoms with Gasteiger partial charge in [-0.05, 0) is 25.2 Å². The molecular formula is C15H19N5O4. The number of hydrogen-bond acceptors (Lipinski definition) is 6. The third-order valence-corrected chi connectivity index (χ3v) is 4.28. The number of fused-ring (bicyclic) bond motifs is 1. The Balaban J connectivity index is 1.67. The van der Waals surface area contributed by atoms with E-state index in [-0.39, 0.29) is 5.76 Å². The predicted molar refractivity (Wildman–Crippen MR) is 85.9 cm³/mol. The number of rotatable bonds is 5. The van der Waals surface area contributed by atoms with Gasteiger partial charge in [-0.15, -0.1) is 0 Å². The molecule has 0 bridgehead atoms. The van der Waals surface area contributed by atoms with Crippen molar-refractivity contribution >= 4 is 28.9 Å². The summed E-state index contributed by atoms with van der Waals surface area (Å²) in [7, 11) is 0. The maximum atomic E-state index is 11.3. The van der Waals surface area contributed by atoms with E-state index in [4.69, 9.17) is 15.3 Å². The molecule has 3 rings (SSSR count). The molecule has 0 aromatic carbocycles. The molecule has 2 aromatic heterocycles. The number of furan rings is 1. The zero-order valence-electron chi connectivity index (χ0n) is 13.1. The first-order valence-corrected chi connectivity index (χ1v) is 7.80. The van der Waals surface area contributed by atoms with Crippen molar-refractivity contribution < 1.29 is 19.1 Å². The summed E-state index contributed by atoms with van der Waals surface area (Å²) in [5.41, 5.74) is 6.28. The Hall–Kier alpha value is -2.84. The van der Waals surface area contributed by atoms with Crippen LogP contribution in [0, 0.1) is 5.92 Å². The van der Waals surface area contributed by atoms with Gasteiger partial charge in [0.1, 0.15) is 11.8 Å². The first-order chi connectivity index (χ1) is 11.5. The van der Waals surface area contributed by atoms with E-state index in [2.05, 4.69) is 20.2 Å². The largest absolute Gasteiger partial charge is 0.465 e. The Bertz CT molecular complexity index is 751. The maximum absolute atomic E-state index is 11.3. The van der Waals surface area contributed by atoms with Crippen molar-refractivity contribution in [3.8, 4) is 0 Å². The first-order valence-electron chi connectivity index (χ1n) is 7.80. The minimum atomic E-state index is -0.987. The third kappa shape index (κ3) is 3.39. The Morgan fingerprint density at radius 1 is 1.38 bits per heavy atom. The number of carbonyl (C=O) groups excluding carboxylic acids is 1.